The van der Waals surface area contributed by atoms with Crippen LogP contribution < -0.4 is 5.32 Å². The first kappa shape index (κ1) is 14.3. The number of carbonyl (C=O) groups is 1. The van der Waals surface area contributed by atoms with E-state index in [2.05, 4.69) is 10.3 Å². The fourth-order valence-electron chi connectivity index (χ4n) is 2.76. The first-order valence-electron chi connectivity index (χ1n) is 6.63. The molecule has 2 rings (SSSR count). The maximum absolute atomic E-state index is 11.2. The fourth-order valence-corrected chi connectivity index (χ4v) is 2.76. The Labute approximate surface area is 116 Å². The van der Waals surface area contributed by atoms with E-state index >= 15 is 0 Å². The van der Waals surface area contributed by atoms with Gasteiger partial charge in [0.2, 0.25) is 12.1 Å². The molecule has 20 heavy (non-hydrogen) atoms. The Morgan fingerprint density at radius 2 is 2.30 bits per heavy atom. The SMILES string of the molecule is Cn1cnc([N+](=O)[O-])c1NCC1CCCCC1C(=O)O. The molecule has 2 unspecified atom stereocenters. The lowest BCUT2D eigenvalue weighted by Crippen LogP contribution is -2.32. The maximum atomic E-state index is 11.2. The van der Waals surface area contributed by atoms with Gasteiger partial charge in [-0.25, -0.2) is 0 Å². The summed E-state index contributed by atoms with van der Waals surface area (Å²) in [7, 11) is 1.66. The molecule has 0 saturated heterocycles. The molecule has 0 radical (unpaired) electrons. The molecule has 0 spiro atoms. The van der Waals surface area contributed by atoms with Gasteiger partial charge in [-0.1, -0.05) is 12.8 Å². The van der Waals surface area contributed by atoms with Gasteiger partial charge in [-0.15, -0.1) is 0 Å². The molecule has 0 aromatic carbocycles. The molecule has 1 aromatic heterocycles. The largest absolute Gasteiger partial charge is 0.481 e. The molecule has 0 bridgehead atoms. The number of anilines is 1. The molecule has 1 aliphatic rings. The van der Waals surface area contributed by atoms with Gasteiger partial charge in [0.1, 0.15) is 0 Å². The third-order valence-electron chi connectivity index (χ3n) is 3.85. The van der Waals surface area contributed by atoms with Crippen molar-refractivity contribution in [3.05, 3.63) is 16.4 Å². The number of imidazole rings is 1. The van der Waals surface area contributed by atoms with Crippen molar-refractivity contribution < 1.29 is 14.8 Å². The number of aliphatic carboxylic acids is 1. The Balaban J connectivity index is 2.06. The number of carboxylic acids is 1. The van der Waals surface area contributed by atoms with Gasteiger partial charge in [0.05, 0.1) is 5.92 Å². The van der Waals surface area contributed by atoms with E-state index in [0.29, 0.717) is 18.8 Å². The van der Waals surface area contributed by atoms with Gasteiger partial charge in [0.25, 0.3) is 0 Å². The Kier molecular flexibility index (Phi) is 4.21. The van der Waals surface area contributed by atoms with Gasteiger partial charge in [-0.3, -0.25) is 9.36 Å². The summed E-state index contributed by atoms with van der Waals surface area (Å²) in [4.78, 5) is 25.2. The number of nitro groups is 1. The molecule has 8 heteroatoms. The molecule has 0 aliphatic heterocycles. The number of nitrogens with zero attached hydrogens (tertiary/aromatic N) is 3. The Morgan fingerprint density at radius 1 is 1.60 bits per heavy atom. The lowest BCUT2D eigenvalue weighted by Gasteiger charge is -2.28. The van der Waals surface area contributed by atoms with Crippen LogP contribution in [0.15, 0.2) is 6.33 Å². The highest BCUT2D eigenvalue weighted by molar-refractivity contribution is 5.70. The minimum atomic E-state index is -0.781. The molecule has 1 saturated carbocycles. The molecular weight excluding hydrogens is 264 g/mol. The average Bonchev–Trinajstić information content (AvgIpc) is 2.78. The van der Waals surface area contributed by atoms with E-state index in [0.717, 1.165) is 19.3 Å². The Morgan fingerprint density at radius 3 is 2.95 bits per heavy atom. The van der Waals surface area contributed by atoms with Crippen LogP contribution in [0.5, 0.6) is 0 Å². The van der Waals surface area contributed by atoms with E-state index in [1.54, 1.807) is 7.05 Å². The highest BCUT2D eigenvalue weighted by Crippen LogP contribution is 2.31. The van der Waals surface area contributed by atoms with Gasteiger partial charge in [0.15, 0.2) is 0 Å². The predicted octanol–water partition coefficient (Wildman–Crippen LogP) is 1.63. The van der Waals surface area contributed by atoms with Crippen LogP contribution in [-0.4, -0.2) is 32.1 Å². The third-order valence-corrected chi connectivity index (χ3v) is 3.85. The van der Waals surface area contributed by atoms with Gasteiger partial charge in [0, 0.05) is 13.6 Å². The van der Waals surface area contributed by atoms with Crippen molar-refractivity contribution in [3.63, 3.8) is 0 Å². The van der Waals surface area contributed by atoms with Crippen molar-refractivity contribution in [1.29, 1.82) is 0 Å². The molecule has 2 N–H and O–H groups in total. The van der Waals surface area contributed by atoms with E-state index in [9.17, 15) is 20.0 Å². The molecule has 0 amide bonds. The number of nitrogens with one attached hydrogen (secondary N) is 1. The summed E-state index contributed by atoms with van der Waals surface area (Å²) in [6, 6.07) is 0. The van der Waals surface area contributed by atoms with E-state index < -0.39 is 10.9 Å². The average molecular weight is 282 g/mol. The zero-order chi connectivity index (χ0) is 14.7. The molecule has 1 heterocycles. The molecule has 1 fully saturated rings. The summed E-state index contributed by atoms with van der Waals surface area (Å²) in [5.74, 6) is -1.06. The van der Waals surface area contributed by atoms with Crippen LogP contribution in [0.1, 0.15) is 25.7 Å². The summed E-state index contributed by atoms with van der Waals surface area (Å²) < 4.78 is 1.54. The molecule has 2 atom stereocenters. The minimum absolute atomic E-state index is 0.00393. The summed E-state index contributed by atoms with van der Waals surface area (Å²) in [6.45, 7) is 0.414. The lowest BCUT2D eigenvalue weighted by molar-refractivity contribution is -0.388. The molecule has 8 nitrogen and oxygen atoms in total. The molecule has 1 aliphatic carbocycles. The highest BCUT2D eigenvalue weighted by Gasteiger charge is 2.31. The second-order valence-corrected chi connectivity index (χ2v) is 5.15. The molecular formula is C12H18N4O4. The van der Waals surface area contributed by atoms with Crippen molar-refractivity contribution in [3.8, 4) is 0 Å². The maximum Gasteiger partial charge on any atom is 0.406 e. The first-order chi connectivity index (χ1) is 9.50. The van der Waals surface area contributed by atoms with Gasteiger partial charge in [-0.05, 0) is 28.7 Å². The Hall–Kier alpha value is -2.12. The van der Waals surface area contributed by atoms with E-state index in [1.807, 2.05) is 0 Å². The minimum Gasteiger partial charge on any atom is -0.481 e. The monoisotopic (exact) mass is 282 g/mol. The molecule has 1 aromatic rings. The van der Waals surface area contributed by atoms with E-state index in [4.69, 9.17) is 0 Å². The summed E-state index contributed by atoms with van der Waals surface area (Å²) in [6.07, 6.45) is 4.81. The van der Waals surface area contributed by atoms with Gasteiger partial charge >= 0.3 is 11.8 Å². The van der Waals surface area contributed by atoms with Crippen LogP contribution in [-0.2, 0) is 11.8 Å². The normalized spacial score (nSPS) is 22.4. The zero-order valence-electron chi connectivity index (χ0n) is 11.3. The van der Waals surface area contributed by atoms with Crippen LogP contribution in [0.3, 0.4) is 0 Å². The van der Waals surface area contributed by atoms with Gasteiger partial charge < -0.3 is 20.5 Å². The second-order valence-electron chi connectivity index (χ2n) is 5.15. The van der Waals surface area contributed by atoms with E-state index in [-0.39, 0.29) is 17.7 Å². The fraction of sp³-hybridized carbons (Fsp3) is 0.667. The quantitative estimate of drug-likeness (QED) is 0.627. The number of rotatable bonds is 5. The zero-order valence-corrected chi connectivity index (χ0v) is 11.3. The third kappa shape index (κ3) is 2.89. The lowest BCUT2D eigenvalue weighted by atomic mass is 9.79. The van der Waals surface area contributed by atoms with Crippen LogP contribution in [0.2, 0.25) is 0 Å². The van der Waals surface area contributed by atoms with Crippen LogP contribution in [0, 0.1) is 22.0 Å². The van der Waals surface area contributed by atoms with Gasteiger partial charge in [-0.2, -0.15) is 0 Å². The Bertz CT molecular complexity index is 514. The second kappa shape index (κ2) is 5.89. The topological polar surface area (TPSA) is 110 Å². The number of aryl methyl sites for hydroxylation is 1. The van der Waals surface area contributed by atoms with Crippen molar-refractivity contribution in [1.82, 2.24) is 9.55 Å². The number of hydrogen-bond acceptors (Lipinski definition) is 5. The first-order valence-corrected chi connectivity index (χ1v) is 6.63. The highest BCUT2D eigenvalue weighted by atomic mass is 16.6. The number of hydrogen-bond donors (Lipinski definition) is 2. The van der Waals surface area contributed by atoms with Crippen LogP contribution in [0.4, 0.5) is 11.6 Å². The van der Waals surface area contributed by atoms with Crippen LogP contribution >= 0.6 is 0 Å². The number of carboxylic acid groups (broad SMARTS) is 1. The standard InChI is InChI=1S/C12H18N4O4/c1-15-7-14-11(16(19)20)10(15)13-6-8-4-2-3-5-9(8)12(17)18/h7-9,13H,2-6H2,1H3,(H,17,18). The number of aromatic nitrogens is 2. The van der Waals surface area contributed by atoms with Crippen molar-refractivity contribution in [2.24, 2.45) is 18.9 Å². The smallest absolute Gasteiger partial charge is 0.406 e. The summed E-state index contributed by atoms with van der Waals surface area (Å²) >= 11 is 0. The summed E-state index contributed by atoms with van der Waals surface area (Å²) in [5.41, 5.74) is 0. The van der Waals surface area contributed by atoms with Crippen molar-refractivity contribution in [2.45, 2.75) is 25.7 Å². The van der Waals surface area contributed by atoms with Crippen molar-refractivity contribution >= 4 is 17.6 Å². The van der Waals surface area contributed by atoms with E-state index in [1.165, 1.54) is 10.9 Å². The van der Waals surface area contributed by atoms with Crippen molar-refractivity contribution in [2.75, 3.05) is 11.9 Å². The van der Waals surface area contributed by atoms with Crippen LogP contribution in [0.25, 0.3) is 0 Å². The molecule has 110 valence electrons. The predicted molar refractivity (Wildman–Crippen MR) is 71.4 cm³/mol. The summed E-state index contributed by atoms with van der Waals surface area (Å²) in [5, 5.41) is 23.1.